The number of rotatable bonds is 5. The van der Waals surface area contributed by atoms with E-state index in [0.717, 1.165) is 28.3 Å². The molecule has 1 aliphatic heterocycles. The predicted molar refractivity (Wildman–Crippen MR) is 112 cm³/mol. The number of ether oxygens (including phenoxy) is 1. The molecule has 1 aliphatic rings. The van der Waals surface area contributed by atoms with Gasteiger partial charge in [-0.2, -0.15) is 0 Å². The molecule has 0 bridgehead atoms. The van der Waals surface area contributed by atoms with Crippen molar-refractivity contribution in [3.05, 3.63) is 66.1 Å². The van der Waals surface area contributed by atoms with Crippen LogP contribution in [0.4, 0.5) is 4.39 Å². The first-order chi connectivity index (χ1) is 14.3. The Bertz CT molecular complexity index is 1250. The number of carbonyl (C=O) groups is 1. The summed E-state index contributed by atoms with van der Waals surface area (Å²) in [6, 6.07) is 10.8. The van der Waals surface area contributed by atoms with Gasteiger partial charge in [-0.3, -0.25) is 4.79 Å². The molecule has 0 fully saturated rings. The van der Waals surface area contributed by atoms with Gasteiger partial charge >= 0.3 is 0 Å². The maximum Gasteiger partial charge on any atom is 0.260 e. The fraction of sp³-hybridized carbons (Fsp3) is 0.227. The van der Waals surface area contributed by atoms with Gasteiger partial charge in [0.2, 0.25) is 0 Å². The van der Waals surface area contributed by atoms with Crippen molar-refractivity contribution in [1.29, 1.82) is 0 Å². The molecule has 0 saturated heterocycles. The van der Waals surface area contributed by atoms with Crippen LogP contribution in [-0.2, 0) is 14.6 Å². The van der Waals surface area contributed by atoms with E-state index in [-0.39, 0.29) is 23.2 Å². The van der Waals surface area contributed by atoms with Crippen molar-refractivity contribution in [3.8, 4) is 5.75 Å². The number of amides is 1. The Morgan fingerprint density at radius 3 is 2.80 bits per heavy atom. The van der Waals surface area contributed by atoms with Gasteiger partial charge in [0.05, 0.1) is 4.90 Å². The summed E-state index contributed by atoms with van der Waals surface area (Å²) in [5.41, 5.74) is 2.87. The summed E-state index contributed by atoms with van der Waals surface area (Å²) in [5, 5.41) is 0.955. The summed E-state index contributed by atoms with van der Waals surface area (Å²) < 4.78 is 42.2. The maximum absolute atomic E-state index is 13.4. The van der Waals surface area contributed by atoms with Crippen molar-refractivity contribution in [2.75, 3.05) is 26.0 Å². The lowest BCUT2D eigenvalue weighted by molar-refractivity contribution is -0.132. The van der Waals surface area contributed by atoms with Crippen molar-refractivity contribution in [2.45, 2.75) is 11.3 Å². The third kappa shape index (κ3) is 4.23. The number of benzene rings is 2. The molecule has 0 atom stereocenters. The normalized spacial score (nSPS) is 14.6. The molecular weight excluding hydrogens is 407 g/mol. The Labute approximate surface area is 173 Å². The second kappa shape index (κ2) is 7.95. The first-order valence-electron chi connectivity index (χ1n) is 9.48. The van der Waals surface area contributed by atoms with Gasteiger partial charge < -0.3 is 14.6 Å². The van der Waals surface area contributed by atoms with Gasteiger partial charge in [-0.25, -0.2) is 12.8 Å². The van der Waals surface area contributed by atoms with Gasteiger partial charge in [-0.05, 0) is 48.4 Å². The number of nitrogens with zero attached hydrogens (tertiary/aromatic N) is 1. The van der Waals surface area contributed by atoms with Gasteiger partial charge in [0.15, 0.2) is 16.4 Å². The molecule has 0 unspecified atom stereocenters. The van der Waals surface area contributed by atoms with Gasteiger partial charge in [0, 0.05) is 42.0 Å². The molecule has 0 spiro atoms. The lowest BCUT2D eigenvalue weighted by Gasteiger charge is -2.26. The highest BCUT2D eigenvalue weighted by molar-refractivity contribution is 7.90. The molecule has 156 valence electrons. The maximum atomic E-state index is 13.4. The van der Waals surface area contributed by atoms with Crippen LogP contribution in [0.3, 0.4) is 0 Å². The van der Waals surface area contributed by atoms with E-state index in [2.05, 4.69) is 4.98 Å². The third-order valence-corrected chi connectivity index (χ3v) is 6.26. The molecule has 2 heterocycles. The number of fused-ring (bicyclic) bond motifs is 1. The summed E-state index contributed by atoms with van der Waals surface area (Å²) in [6.45, 7) is 0.836. The van der Waals surface area contributed by atoms with Crippen molar-refractivity contribution in [2.24, 2.45) is 0 Å². The SMILES string of the molecule is CS(=O)(=O)c1cccc(OCC(=O)N2CC=C(c3c[nH]c4cc(F)ccc34)CC2)c1. The Balaban J connectivity index is 1.40. The Kier molecular flexibility index (Phi) is 5.34. The van der Waals surface area contributed by atoms with Gasteiger partial charge in [0.1, 0.15) is 11.6 Å². The van der Waals surface area contributed by atoms with E-state index in [1.165, 1.54) is 24.3 Å². The highest BCUT2D eigenvalue weighted by atomic mass is 32.2. The molecule has 1 aromatic heterocycles. The Morgan fingerprint density at radius 2 is 2.07 bits per heavy atom. The highest BCUT2D eigenvalue weighted by Gasteiger charge is 2.20. The average Bonchev–Trinajstić information content (AvgIpc) is 3.14. The number of carbonyl (C=O) groups excluding carboxylic acids is 1. The van der Waals surface area contributed by atoms with Crippen LogP contribution in [0.5, 0.6) is 5.75 Å². The molecule has 8 heteroatoms. The third-order valence-electron chi connectivity index (χ3n) is 5.15. The van der Waals surface area contributed by atoms with Crippen LogP contribution in [0.15, 0.2) is 59.6 Å². The number of hydrogen-bond acceptors (Lipinski definition) is 4. The standard InChI is InChI=1S/C22H21FN2O4S/c1-30(27,28)18-4-2-3-17(12-18)29-14-22(26)25-9-7-15(8-10-25)20-13-24-21-11-16(23)5-6-19(20)21/h2-7,11-13,24H,8-10,14H2,1H3. The summed E-state index contributed by atoms with van der Waals surface area (Å²) in [7, 11) is -3.34. The minimum absolute atomic E-state index is 0.150. The summed E-state index contributed by atoms with van der Waals surface area (Å²) in [4.78, 5) is 17.4. The number of hydrogen-bond donors (Lipinski definition) is 1. The quantitative estimate of drug-likeness (QED) is 0.676. The van der Waals surface area contributed by atoms with Crippen LogP contribution in [0.2, 0.25) is 0 Å². The van der Waals surface area contributed by atoms with E-state index in [1.54, 1.807) is 23.1 Å². The minimum atomic E-state index is -3.34. The van der Waals surface area contributed by atoms with Crippen LogP contribution in [0, 0.1) is 5.82 Å². The van der Waals surface area contributed by atoms with E-state index in [4.69, 9.17) is 4.74 Å². The summed E-state index contributed by atoms with van der Waals surface area (Å²) in [6.07, 6.45) is 5.67. The van der Waals surface area contributed by atoms with E-state index in [0.29, 0.717) is 25.3 Å². The van der Waals surface area contributed by atoms with Crippen LogP contribution < -0.4 is 4.74 Å². The minimum Gasteiger partial charge on any atom is -0.484 e. The van der Waals surface area contributed by atoms with Gasteiger partial charge in [0.25, 0.3) is 5.91 Å². The largest absolute Gasteiger partial charge is 0.484 e. The molecule has 2 aromatic carbocycles. The van der Waals surface area contributed by atoms with Gasteiger partial charge in [-0.1, -0.05) is 12.1 Å². The average molecular weight is 428 g/mol. The molecule has 0 saturated carbocycles. The van der Waals surface area contributed by atoms with Crippen molar-refractivity contribution in [1.82, 2.24) is 9.88 Å². The zero-order valence-electron chi connectivity index (χ0n) is 16.4. The van der Waals surface area contributed by atoms with E-state index >= 15 is 0 Å². The van der Waals surface area contributed by atoms with Crippen molar-refractivity contribution >= 4 is 32.2 Å². The van der Waals surface area contributed by atoms with Crippen LogP contribution in [-0.4, -0.2) is 50.2 Å². The Morgan fingerprint density at radius 1 is 1.23 bits per heavy atom. The smallest absolute Gasteiger partial charge is 0.260 e. The number of sulfone groups is 1. The zero-order valence-corrected chi connectivity index (χ0v) is 17.2. The number of halogens is 1. The number of aromatic nitrogens is 1. The second-order valence-electron chi connectivity index (χ2n) is 7.25. The molecular formula is C22H21FN2O4S. The number of H-pyrrole nitrogens is 1. The van der Waals surface area contributed by atoms with Crippen molar-refractivity contribution < 1.29 is 22.3 Å². The molecule has 6 nitrogen and oxygen atoms in total. The van der Waals surface area contributed by atoms with Crippen molar-refractivity contribution in [3.63, 3.8) is 0 Å². The monoisotopic (exact) mass is 428 g/mol. The van der Waals surface area contributed by atoms with Crippen LogP contribution in [0.1, 0.15) is 12.0 Å². The van der Waals surface area contributed by atoms with Crippen LogP contribution in [0.25, 0.3) is 16.5 Å². The molecule has 30 heavy (non-hydrogen) atoms. The fourth-order valence-corrected chi connectivity index (χ4v) is 4.19. The highest BCUT2D eigenvalue weighted by Crippen LogP contribution is 2.29. The van der Waals surface area contributed by atoms with E-state index < -0.39 is 9.84 Å². The Hall–Kier alpha value is -3.13. The molecule has 1 amide bonds. The van der Waals surface area contributed by atoms with Crippen LogP contribution >= 0.6 is 0 Å². The second-order valence-corrected chi connectivity index (χ2v) is 9.26. The number of aromatic amines is 1. The van der Waals surface area contributed by atoms with E-state index in [9.17, 15) is 17.6 Å². The fourth-order valence-electron chi connectivity index (χ4n) is 3.54. The first-order valence-corrected chi connectivity index (χ1v) is 11.4. The molecule has 0 aliphatic carbocycles. The molecule has 0 radical (unpaired) electrons. The zero-order chi connectivity index (χ0) is 21.3. The lowest BCUT2D eigenvalue weighted by Crippen LogP contribution is -2.37. The molecule has 3 aromatic rings. The topological polar surface area (TPSA) is 79.5 Å². The summed E-state index contributed by atoms with van der Waals surface area (Å²) in [5.74, 6) is -0.117. The van der Waals surface area contributed by atoms with Gasteiger partial charge in [-0.15, -0.1) is 0 Å². The molecule has 1 N–H and O–H groups in total. The lowest BCUT2D eigenvalue weighted by atomic mass is 9.99. The summed E-state index contributed by atoms with van der Waals surface area (Å²) >= 11 is 0. The first kappa shape index (κ1) is 20.2. The molecule has 4 rings (SSSR count). The number of nitrogens with one attached hydrogen (secondary N) is 1. The predicted octanol–water partition coefficient (Wildman–Crippen LogP) is 3.41. The van der Waals surface area contributed by atoms with E-state index in [1.807, 2.05) is 12.3 Å².